The second-order valence-electron chi connectivity index (χ2n) is 4.61. The SMILES string of the molecule is Fc1cc(O[B]Oc2ccc(C(F)(F)F)c(F)c2)ccc1C(F)(F)F. The summed E-state index contributed by atoms with van der Waals surface area (Å²) in [6.45, 7) is 0. The van der Waals surface area contributed by atoms with Crippen LogP contribution in [0.4, 0.5) is 35.1 Å². The van der Waals surface area contributed by atoms with Crippen molar-refractivity contribution in [2.75, 3.05) is 0 Å². The number of rotatable bonds is 4. The molecule has 2 aromatic rings. The van der Waals surface area contributed by atoms with Gasteiger partial charge < -0.3 is 9.31 Å². The molecule has 1 radical (unpaired) electrons. The van der Waals surface area contributed by atoms with Gasteiger partial charge in [0.05, 0.1) is 11.1 Å². The van der Waals surface area contributed by atoms with E-state index < -0.39 is 35.1 Å². The van der Waals surface area contributed by atoms with Crippen LogP contribution in [0.2, 0.25) is 0 Å². The molecule has 0 saturated carbocycles. The first-order valence-electron chi connectivity index (χ1n) is 6.37. The fourth-order valence-electron chi connectivity index (χ4n) is 1.73. The molecule has 25 heavy (non-hydrogen) atoms. The van der Waals surface area contributed by atoms with Gasteiger partial charge in [0.25, 0.3) is 0 Å². The average molecular weight is 369 g/mol. The second kappa shape index (κ2) is 6.81. The molecule has 0 aliphatic rings. The van der Waals surface area contributed by atoms with Crippen LogP contribution < -0.4 is 9.31 Å². The molecule has 2 aromatic carbocycles. The van der Waals surface area contributed by atoms with Gasteiger partial charge in [-0.2, -0.15) is 26.3 Å². The molecular formula is C14H6BF8O2. The van der Waals surface area contributed by atoms with Crippen LogP contribution in [0.5, 0.6) is 11.5 Å². The first-order valence-corrected chi connectivity index (χ1v) is 6.37. The summed E-state index contributed by atoms with van der Waals surface area (Å²) in [6, 6.07) is 3.37. The molecule has 0 aromatic heterocycles. The molecule has 0 spiro atoms. The molecule has 0 fully saturated rings. The van der Waals surface area contributed by atoms with E-state index in [-0.39, 0.29) is 11.5 Å². The topological polar surface area (TPSA) is 18.5 Å². The van der Waals surface area contributed by atoms with Gasteiger partial charge in [-0.15, -0.1) is 0 Å². The van der Waals surface area contributed by atoms with E-state index in [1.807, 2.05) is 0 Å². The van der Waals surface area contributed by atoms with Crippen molar-refractivity contribution >= 4 is 7.69 Å². The quantitative estimate of drug-likeness (QED) is 0.558. The molecule has 0 N–H and O–H groups in total. The van der Waals surface area contributed by atoms with Gasteiger partial charge in [0.15, 0.2) is 0 Å². The highest BCUT2D eigenvalue weighted by molar-refractivity contribution is 6.20. The van der Waals surface area contributed by atoms with E-state index in [4.69, 9.17) is 9.31 Å². The maximum atomic E-state index is 13.3. The Labute approximate surface area is 136 Å². The van der Waals surface area contributed by atoms with Crippen LogP contribution in [-0.4, -0.2) is 7.69 Å². The van der Waals surface area contributed by atoms with E-state index in [2.05, 4.69) is 0 Å². The van der Waals surface area contributed by atoms with Crippen LogP contribution in [-0.2, 0) is 12.4 Å². The molecule has 2 rings (SSSR count). The monoisotopic (exact) mass is 369 g/mol. The van der Waals surface area contributed by atoms with Crippen molar-refractivity contribution in [3.05, 3.63) is 59.2 Å². The van der Waals surface area contributed by atoms with Crippen molar-refractivity contribution in [1.29, 1.82) is 0 Å². The lowest BCUT2D eigenvalue weighted by atomic mass is 10.2. The highest BCUT2D eigenvalue weighted by Crippen LogP contribution is 2.34. The Bertz CT molecular complexity index is 694. The number of alkyl halides is 6. The standard InChI is InChI=1S/C14H6BF8O2/c16-11-5-7(1-3-9(11)13(18,19)20)24-15-25-8-2-4-10(12(17)6-8)14(21,22)23/h1-6H. The van der Waals surface area contributed by atoms with Gasteiger partial charge in [-0.1, -0.05) is 0 Å². The Morgan fingerprint density at radius 2 is 1.00 bits per heavy atom. The third-order valence-electron chi connectivity index (χ3n) is 2.86. The summed E-state index contributed by atoms with van der Waals surface area (Å²) >= 11 is 0. The molecule has 0 saturated heterocycles. The maximum absolute atomic E-state index is 13.3. The lowest BCUT2D eigenvalue weighted by Crippen LogP contribution is -2.13. The van der Waals surface area contributed by atoms with E-state index in [1.165, 1.54) is 0 Å². The molecule has 0 aliphatic heterocycles. The zero-order chi connectivity index (χ0) is 18.8. The van der Waals surface area contributed by atoms with Gasteiger partial charge in [0.2, 0.25) is 0 Å². The normalized spacial score (nSPS) is 12.0. The summed E-state index contributed by atoms with van der Waals surface area (Å²) in [5, 5.41) is 0. The van der Waals surface area contributed by atoms with Crippen molar-refractivity contribution in [2.24, 2.45) is 0 Å². The zero-order valence-electron chi connectivity index (χ0n) is 11.9. The summed E-state index contributed by atoms with van der Waals surface area (Å²) in [4.78, 5) is 0. The van der Waals surface area contributed by atoms with Crippen molar-refractivity contribution in [3.8, 4) is 11.5 Å². The smallest absolute Gasteiger partial charge is 0.526 e. The minimum atomic E-state index is -4.87. The van der Waals surface area contributed by atoms with Crippen LogP contribution in [0.3, 0.4) is 0 Å². The van der Waals surface area contributed by atoms with Gasteiger partial charge >= 0.3 is 20.0 Å². The van der Waals surface area contributed by atoms with Crippen LogP contribution in [0, 0.1) is 11.6 Å². The predicted molar refractivity (Wildman–Crippen MR) is 69.8 cm³/mol. The average Bonchev–Trinajstić information content (AvgIpc) is 2.44. The highest BCUT2D eigenvalue weighted by Gasteiger charge is 2.35. The van der Waals surface area contributed by atoms with Gasteiger partial charge in [0.1, 0.15) is 23.1 Å². The number of hydrogen-bond acceptors (Lipinski definition) is 2. The minimum Gasteiger partial charge on any atom is -0.526 e. The van der Waals surface area contributed by atoms with E-state index >= 15 is 0 Å². The fraction of sp³-hybridized carbons (Fsp3) is 0.143. The third-order valence-corrected chi connectivity index (χ3v) is 2.86. The summed E-state index contributed by atoms with van der Waals surface area (Å²) < 4.78 is 110. The van der Waals surface area contributed by atoms with E-state index in [1.54, 1.807) is 0 Å². The molecule has 0 bridgehead atoms. The van der Waals surface area contributed by atoms with Crippen LogP contribution in [0.25, 0.3) is 0 Å². The van der Waals surface area contributed by atoms with Gasteiger partial charge in [-0.3, -0.25) is 0 Å². The first-order chi connectivity index (χ1) is 11.5. The van der Waals surface area contributed by atoms with Crippen molar-refractivity contribution in [3.63, 3.8) is 0 Å². The van der Waals surface area contributed by atoms with Crippen molar-refractivity contribution < 1.29 is 44.4 Å². The minimum absolute atomic E-state index is 0.363. The Morgan fingerprint density at radius 1 is 0.640 bits per heavy atom. The predicted octanol–water partition coefficient (Wildman–Crippen LogP) is 4.99. The number of benzene rings is 2. The Hall–Kier alpha value is -2.46. The third kappa shape index (κ3) is 4.77. The van der Waals surface area contributed by atoms with E-state index in [9.17, 15) is 35.1 Å². The van der Waals surface area contributed by atoms with Gasteiger partial charge in [-0.05, 0) is 24.3 Å². The van der Waals surface area contributed by atoms with Gasteiger partial charge in [-0.25, -0.2) is 8.78 Å². The largest absolute Gasteiger partial charge is 0.658 e. The zero-order valence-corrected chi connectivity index (χ0v) is 11.9. The highest BCUT2D eigenvalue weighted by atomic mass is 19.4. The molecule has 2 nitrogen and oxygen atoms in total. The van der Waals surface area contributed by atoms with Crippen molar-refractivity contribution in [2.45, 2.75) is 12.4 Å². The molecule has 133 valence electrons. The van der Waals surface area contributed by atoms with Crippen molar-refractivity contribution in [1.82, 2.24) is 0 Å². The molecule has 0 aliphatic carbocycles. The lowest BCUT2D eigenvalue weighted by molar-refractivity contribution is -0.140. The molecule has 0 unspecified atom stereocenters. The summed E-state index contributed by atoms with van der Waals surface area (Å²) in [7, 11) is 0.504. The lowest BCUT2D eigenvalue weighted by Gasteiger charge is -2.11. The fourth-order valence-corrected chi connectivity index (χ4v) is 1.73. The molecular weight excluding hydrogens is 363 g/mol. The molecule has 0 heterocycles. The Kier molecular flexibility index (Phi) is 5.14. The molecule has 0 amide bonds. The van der Waals surface area contributed by atoms with Crippen LogP contribution in [0.15, 0.2) is 36.4 Å². The van der Waals surface area contributed by atoms with E-state index in [0.29, 0.717) is 32.0 Å². The summed E-state index contributed by atoms with van der Waals surface area (Å²) in [5.41, 5.74) is -2.99. The molecule has 0 atom stereocenters. The van der Waals surface area contributed by atoms with Crippen LogP contribution >= 0.6 is 0 Å². The summed E-state index contributed by atoms with van der Waals surface area (Å²) in [5.74, 6) is -3.89. The Balaban J connectivity index is 1.99. The Morgan fingerprint density at radius 3 is 1.28 bits per heavy atom. The van der Waals surface area contributed by atoms with E-state index in [0.717, 1.165) is 12.1 Å². The van der Waals surface area contributed by atoms with Crippen LogP contribution in [0.1, 0.15) is 11.1 Å². The summed E-state index contributed by atoms with van der Waals surface area (Å²) in [6.07, 6.45) is -9.75. The number of hydrogen-bond donors (Lipinski definition) is 0. The molecule has 11 heteroatoms. The maximum Gasteiger partial charge on any atom is 0.658 e. The first kappa shape index (κ1) is 18.9. The van der Waals surface area contributed by atoms with Gasteiger partial charge in [0, 0.05) is 12.1 Å². The second-order valence-corrected chi connectivity index (χ2v) is 4.61. The number of halogens is 8.